The van der Waals surface area contributed by atoms with Crippen molar-refractivity contribution in [2.75, 3.05) is 0 Å². The summed E-state index contributed by atoms with van der Waals surface area (Å²) in [5, 5.41) is 8.40. The molecule has 0 unspecified atom stereocenters. The number of hydrogen-bond acceptors (Lipinski definition) is 2. The van der Waals surface area contributed by atoms with Crippen molar-refractivity contribution in [2.45, 2.75) is 26.7 Å². The zero-order chi connectivity index (χ0) is 15.7. The van der Waals surface area contributed by atoms with Gasteiger partial charge in [0.1, 0.15) is 0 Å². The zero-order valence-electron chi connectivity index (χ0n) is 12.4. The Labute approximate surface area is 125 Å². The molecule has 0 bridgehead atoms. The molecular formula is C18H20O3. The van der Waals surface area contributed by atoms with Crippen LogP contribution in [0.5, 0.6) is 0 Å². The molecule has 0 spiro atoms. The van der Waals surface area contributed by atoms with Crippen LogP contribution in [-0.4, -0.2) is 16.9 Å². The minimum Gasteiger partial charge on any atom is -0.481 e. The SMILES string of the molecule is Cc1ccc(C(=O)CCC(=O)O)cc1.Cc1ccccc1. The number of aliphatic carboxylic acids is 1. The van der Waals surface area contributed by atoms with Gasteiger partial charge in [0.25, 0.3) is 0 Å². The van der Waals surface area contributed by atoms with Crippen LogP contribution < -0.4 is 0 Å². The van der Waals surface area contributed by atoms with Gasteiger partial charge in [-0.2, -0.15) is 0 Å². The first kappa shape index (κ1) is 16.6. The number of carbonyl (C=O) groups is 2. The molecule has 3 heteroatoms. The summed E-state index contributed by atoms with van der Waals surface area (Å²) >= 11 is 0. The third-order valence-corrected chi connectivity index (χ3v) is 2.88. The van der Waals surface area contributed by atoms with Crippen LogP contribution in [0.1, 0.15) is 34.3 Å². The molecule has 3 nitrogen and oxygen atoms in total. The first-order chi connectivity index (χ1) is 9.99. The molecule has 0 aliphatic carbocycles. The van der Waals surface area contributed by atoms with Gasteiger partial charge in [-0.15, -0.1) is 0 Å². The first-order valence-corrected chi connectivity index (χ1v) is 6.82. The summed E-state index contributed by atoms with van der Waals surface area (Å²) in [5.74, 6) is -1.06. The predicted octanol–water partition coefficient (Wildman–Crippen LogP) is 4.04. The van der Waals surface area contributed by atoms with Gasteiger partial charge >= 0.3 is 5.97 Å². The second-order valence-corrected chi connectivity index (χ2v) is 4.84. The minimum atomic E-state index is -0.939. The average molecular weight is 284 g/mol. The van der Waals surface area contributed by atoms with Crippen molar-refractivity contribution in [2.24, 2.45) is 0 Å². The van der Waals surface area contributed by atoms with E-state index in [1.54, 1.807) is 12.1 Å². The van der Waals surface area contributed by atoms with E-state index in [0.717, 1.165) is 5.56 Å². The molecule has 0 saturated carbocycles. The Morgan fingerprint density at radius 2 is 1.33 bits per heavy atom. The highest BCUT2D eigenvalue weighted by Crippen LogP contribution is 2.07. The normalized spacial score (nSPS) is 9.43. The number of aryl methyl sites for hydroxylation is 2. The summed E-state index contributed by atoms with van der Waals surface area (Å²) in [7, 11) is 0. The van der Waals surface area contributed by atoms with E-state index >= 15 is 0 Å². The molecule has 0 amide bonds. The molecule has 0 aliphatic heterocycles. The van der Waals surface area contributed by atoms with Gasteiger partial charge in [0.15, 0.2) is 5.78 Å². The van der Waals surface area contributed by atoms with Crippen LogP contribution in [0, 0.1) is 13.8 Å². The van der Waals surface area contributed by atoms with Gasteiger partial charge in [-0.1, -0.05) is 65.7 Å². The fourth-order valence-corrected chi connectivity index (χ4v) is 1.64. The van der Waals surface area contributed by atoms with Crippen LogP contribution in [-0.2, 0) is 4.79 Å². The lowest BCUT2D eigenvalue weighted by molar-refractivity contribution is -0.136. The van der Waals surface area contributed by atoms with Gasteiger partial charge in [0.05, 0.1) is 6.42 Å². The van der Waals surface area contributed by atoms with Crippen molar-refractivity contribution in [1.29, 1.82) is 0 Å². The zero-order valence-corrected chi connectivity index (χ0v) is 12.4. The van der Waals surface area contributed by atoms with Crippen molar-refractivity contribution >= 4 is 11.8 Å². The van der Waals surface area contributed by atoms with Gasteiger partial charge in [0.2, 0.25) is 0 Å². The van der Waals surface area contributed by atoms with Crippen LogP contribution in [0.4, 0.5) is 0 Å². The Morgan fingerprint density at radius 3 is 1.76 bits per heavy atom. The van der Waals surface area contributed by atoms with E-state index in [-0.39, 0.29) is 18.6 Å². The monoisotopic (exact) mass is 284 g/mol. The van der Waals surface area contributed by atoms with Crippen LogP contribution in [0.2, 0.25) is 0 Å². The molecule has 0 fully saturated rings. The van der Waals surface area contributed by atoms with Crippen molar-refractivity contribution < 1.29 is 14.7 Å². The molecule has 0 heterocycles. The second kappa shape index (κ2) is 8.69. The number of carbonyl (C=O) groups excluding carboxylic acids is 1. The second-order valence-electron chi connectivity index (χ2n) is 4.84. The molecule has 1 N–H and O–H groups in total. The number of benzene rings is 2. The lowest BCUT2D eigenvalue weighted by atomic mass is 10.1. The topological polar surface area (TPSA) is 54.4 Å². The molecule has 0 radical (unpaired) electrons. The molecule has 2 aromatic carbocycles. The average Bonchev–Trinajstić information content (AvgIpc) is 2.47. The number of carboxylic acid groups (broad SMARTS) is 1. The fourth-order valence-electron chi connectivity index (χ4n) is 1.64. The van der Waals surface area contributed by atoms with E-state index in [1.807, 2.05) is 37.3 Å². The lowest BCUT2D eigenvalue weighted by Crippen LogP contribution is -2.03. The van der Waals surface area contributed by atoms with E-state index in [4.69, 9.17) is 5.11 Å². The van der Waals surface area contributed by atoms with Crippen LogP contribution in [0.3, 0.4) is 0 Å². The minimum absolute atomic E-state index is 0.0679. The Bertz CT molecular complexity index is 571. The highest BCUT2D eigenvalue weighted by atomic mass is 16.4. The van der Waals surface area contributed by atoms with Crippen molar-refractivity contribution in [3.8, 4) is 0 Å². The van der Waals surface area contributed by atoms with Crippen LogP contribution in [0.15, 0.2) is 54.6 Å². The van der Waals surface area contributed by atoms with E-state index in [9.17, 15) is 9.59 Å². The predicted molar refractivity (Wildman–Crippen MR) is 83.6 cm³/mol. The third kappa shape index (κ3) is 7.06. The van der Waals surface area contributed by atoms with Gasteiger partial charge in [-0.25, -0.2) is 0 Å². The molecule has 110 valence electrons. The van der Waals surface area contributed by atoms with Crippen LogP contribution >= 0.6 is 0 Å². The quantitative estimate of drug-likeness (QED) is 0.862. The maximum atomic E-state index is 11.4. The number of rotatable bonds is 4. The molecule has 0 aliphatic rings. The van der Waals surface area contributed by atoms with E-state index in [2.05, 4.69) is 19.1 Å². The first-order valence-electron chi connectivity index (χ1n) is 6.82. The maximum Gasteiger partial charge on any atom is 0.303 e. The molecule has 21 heavy (non-hydrogen) atoms. The highest BCUT2D eigenvalue weighted by Gasteiger charge is 2.07. The van der Waals surface area contributed by atoms with E-state index < -0.39 is 5.97 Å². The van der Waals surface area contributed by atoms with Gasteiger partial charge in [-0.05, 0) is 13.8 Å². The summed E-state index contributed by atoms with van der Waals surface area (Å²) in [6, 6.07) is 17.4. The van der Waals surface area contributed by atoms with Gasteiger partial charge in [-0.3, -0.25) is 9.59 Å². The van der Waals surface area contributed by atoms with Gasteiger partial charge in [0, 0.05) is 12.0 Å². The standard InChI is InChI=1S/C11H12O3.C7H8/c1-8-2-4-9(5-3-8)10(12)6-7-11(13)14;1-7-5-3-2-4-6-7/h2-5H,6-7H2,1H3,(H,13,14);2-6H,1H3. The summed E-state index contributed by atoms with van der Waals surface area (Å²) in [6.07, 6.45) is -0.0366. The molecule has 0 saturated heterocycles. The van der Waals surface area contributed by atoms with Crippen molar-refractivity contribution in [3.05, 3.63) is 71.3 Å². The van der Waals surface area contributed by atoms with Gasteiger partial charge < -0.3 is 5.11 Å². The number of ketones is 1. The fraction of sp³-hybridized carbons (Fsp3) is 0.222. The Kier molecular flexibility index (Phi) is 6.88. The highest BCUT2D eigenvalue weighted by molar-refractivity contribution is 5.97. The Hall–Kier alpha value is -2.42. The Morgan fingerprint density at radius 1 is 0.810 bits per heavy atom. The van der Waals surface area contributed by atoms with Crippen molar-refractivity contribution in [3.63, 3.8) is 0 Å². The largest absolute Gasteiger partial charge is 0.481 e. The number of hydrogen-bond donors (Lipinski definition) is 1. The van der Waals surface area contributed by atoms with E-state index in [1.165, 1.54) is 5.56 Å². The number of Topliss-reactive ketones (excluding diaryl/α,β-unsaturated/α-hetero) is 1. The summed E-state index contributed by atoms with van der Waals surface area (Å²) < 4.78 is 0. The smallest absolute Gasteiger partial charge is 0.303 e. The molecule has 2 rings (SSSR count). The molecule has 0 atom stereocenters. The van der Waals surface area contributed by atoms with E-state index in [0.29, 0.717) is 5.56 Å². The Balaban J connectivity index is 0.000000262. The maximum absolute atomic E-state index is 11.4. The number of carboxylic acids is 1. The third-order valence-electron chi connectivity index (χ3n) is 2.88. The van der Waals surface area contributed by atoms with Crippen molar-refractivity contribution in [1.82, 2.24) is 0 Å². The summed E-state index contributed by atoms with van der Waals surface area (Å²) in [4.78, 5) is 21.6. The lowest BCUT2D eigenvalue weighted by Gasteiger charge is -1.99. The molecule has 0 aromatic heterocycles. The molecular weight excluding hydrogens is 264 g/mol. The summed E-state index contributed by atoms with van der Waals surface area (Å²) in [6.45, 7) is 4.02. The molecule has 2 aromatic rings. The van der Waals surface area contributed by atoms with Crippen LogP contribution in [0.25, 0.3) is 0 Å². The summed E-state index contributed by atoms with van der Waals surface area (Å²) in [5.41, 5.74) is 2.99.